The molecule has 0 bridgehead atoms. The summed E-state index contributed by atoms with van der Waals surface area (Å²) in [7, 11) is -4.31. The van der Waals surface area contributed by atoms with Gasteiger partial charge in [0.2, 0.25) is 5.91 Å². The molecule has 1 rings (SSSR count). The van der Waals surface area contributed by atoms with E-state index in [4.69, 9.17) is 15.5 Å². The fourth-order valence-electron chi connectivity index (χ4n) is 1.14. The van der Waals surface area contributed by atoms with Crippen LogP contribution in [0.3, 0.4) is 0 Å². The second-order valence-corrected chi connectivity index (χ2v) is 6.65. The van der Waals surface area contributed by atoms with E-state index in [1.54, 1.807) is 0 Å². The molecule has 0 fully saturated rings. The van der Waals surface area contributed by atoms with Crippen molar-refractivity contribution in [1.29, 1.82) is 0 Å². The van der Waals surface area contributed by atoms with Gasteiger partial charge in [-0.2, -0.15) is 0 Å². The predicted octanol–water partition coefficient (Wildman–Crippen LogP) is 0.258. The Morgan fingerprint density at radius 1 is 1.65 bits per heavy atom. The van der Waals surface area contributed by atoms with Crippen LogP contribution in [-0.2, 0) is 15.8 Å². The first kappa shape index (κ1) is 14.3. The molecule has 0 aromatic carbocycles. The van der Waals surface area contributed by atoms with E-state index in [0.717, 1.165) is 4.88 Å². The van der Waals surface area contributed by atoms with Crippen LogP contribution < -0.4 is 11.1 Å². The van der Waals surface area contributed by atoms with Gasteiger partial charge in [-0.05, 0) is 18.4 Å². The molecule has 1 aromatic rings. The number of nitrogens with one attached hydrogen (secondary N) is 1. The van der Waals surface area contributed by atoms with Crippen LogP contribution in [0.2, 0.25) is 0 Å². The van der Waals surface area contributed by atoms with Gasteiger partial charge in [0.05, 0.1) is 6.04 Å². The molecule has 17 heavy (non-hydrogen) atoms. The lowest BCUT2D eigenvalue weighted by Gasteiger charge is -2.18. The number of amides is 1. The van der Waals surface area contributed by atoms with Crippen LogP contribution in [0.5, 0.6) is 0 Å². The Hall–Kier alpha value is -0.720. The summed E-state index contributed by atoms with van der Waals surface area (Å²) in [5.74, 6) is -1.78. The molecule has 1 heterocycles. The minimum Gasteiger partial charge on any atom is -0.341 e. The lowest BCUT2D eigenvalue weighted by Crippen LogP contribution is -2.45. The Bertz CT molecular complexity index is 417. The lowest BCUT2D eigenvalue weighted by atomic mass is 10.2. The molecule has 0 spiro atoms. The van der Waals surface area contributed by atoms with E-state index in [0.29, 0.717) is 6.42 Å². The number of carbonyl (C=O) groups is 1. The van der Waals surface area contributed by atoms with Gasteiger partial charge in [-0.15, -0.1) is 11.3 Å². The third kappa shape index (κ3) is 4.57. The third-order valence-corrected chi connectivity index (χ3v) is 4.23. The molecule has 0 aliphatic rings. The highest BCUT2D eigenvalue weighted by Gasteiger charge is 2.27. The highest BCUT2D eigenvalue weighted by atomic mass is 32.1. The first-order chi connectivity index (χ1) is 7.80. The predicted molar refractivity (Wildman–Crippen MR) is 65.6 cm³/mol. The second kappa shape index (κ2) is 5.75. The average Bonchev–Trinajstić information content (AvgIpc) is 2.68. The molecule has 0 radical (unpaired) electrons. The molecule has 96 valence electrons. The maximum atomic E-state index is 11.6. The average molecular weight is 278 g/mol. The molecule has 8 heteroatoms. The first-order valence-electron chi connectivity index (χ1n) is 4.94. The number of hydrogen-bond donors (Lipinski definition) is 4. The molecule has 0 saturated carbocycles. The van der Waals surface area contributed by atoms with Crippen molar-refractivity contribution in [2.75, 3.05) is 0 Å². The van der Waals surface area contributed by atoms with E-state index in [1.807, 2.05) is 17.5 Å². The van der Waals surface area contributed by atoms with E-state index in [2.05, 4.69) is 5.32 Å². The molecule has 0 saturated heterocycles. The summed E-state index contributed by atoms with van der Waals surface area (Å²) in [6, 6.07) is 2.90. The van der Waals surface area contributed by atoms with E-state index in [9.17, 15) is 9.36 Å². The Balaban J connectivity index is 2.50. The van der Waals surface area contributed by atoms with Crippen LogP contribution in [0.25, 0.3) is 0 Å². The largest absolute Gasteiger partial charge is 0.347 e. The minimum absolute atomic E-state index is 0.359. The SMILES string of the molecule is CC(NC(=O)[C@@H](N)Cc1cccs1)P(=O)(O)O. The molecule has 5 N–H and O–H groups in total. The molecular formula is C9H15N2O4PS. The van der Waals surface area contributed by atoms with Gasteiger partial charge in [0.25, 0.3) is 0 Å². The van der Waals surface area contributed by atoms with Gasteiger partial charge in [0, 0.05) is 11.3 Å². The standard InChI is InChI=1S/C9H15N2O4PS/c1-6(16(13,14)15)11-9(12)8(10)5-7-3-2-4-17-7/h2-4,6,8H,5,10H2,1H3,(H,11,12)(H2,13,14,15)/t6?,8-/m0/s1. The zero-order valence-electron chi connectivity index (χ0n) is 9.24. The third-order valence-electron chi connectivity index (χ3n) is 2.19. The van der Waals surface area contributed by atoms with Crippen molar-refractivity contribution < 1.29 is 19.1 Å². The molecule has 0 aliphatic carbocycles. The van der Waals surface area contributed by atoms with Crippen LogP contribution >= 0.6 is 18.9 Å². The van der Waals surface area contributed by atoms with Crippen molar-refractivity contribution in [2.45, 2.75) is 25.2 Å². The molecule has 6 nitrogen and oxygen atoms in total. The van der Waals surface area contributed by atoms with Crippen LogP contribution in [0.15, 0.2) is 17.5 Å². The molecular weight excluding hydrogens is 263 g/mol. The number of carbonyl (C=O) groups excluding carboxylic acids is 1. The fraction of sp³-hybridized carbons (Fsp3) is 0.444. The smallest absolute Gasteiger partial charge is 0.341 e. The number of hydrogen-bond acceptors (Lipinski definition) is 4. The molecule has 2 atom stereocenters. The van der Waals surface area contributed by atoms with Crippen molar-refractivity contribution in [2.24, 2.45) is 5.73 Å². The Morgan fingerprint density at radius 3 is 2.76 bits per heavy atom. The van der Waals surface area contributed by atoms with Gasteiger partial charge >= 0.3 is 7.60 Å². The van der Waals surface area contributed by atoms with E-state index in [1.165, 1.54) is 18.3 Å². The van der Waals surface area contributed by atoms with Gasteiger partial charge < -0.3 is 20.8 Å². The summed E-state index contributed by atoms with van der Waals surface area (Å²) in [4.78, 5) is 30.2. The van der Waals surface area contributed by atoms with Crippen molar-refractivity contribution in [3.05, 3.63) is 22.4 Å². The van der Waals surface area contributed by atoms with E-state index >= 15 is 0 Å². The monoisotopic (exact) mass is 278 g/mol. The summed E-state index contributed by atoms with van der Waals surface area (Å²) in [6.07, 6.45) is 0.359. The number of thiophene rings is 1. The van der Waals surface area contributed by atoms with Gasteiger partial charge in [-0.3, -0.25) is 9.36 Å². The highest BCUT2D eigenvalue weighted by Crippen LogP contribution is 2.39. The molecule has 1 amide bonds. The highest BCUT2D eigenvalue weighted by molar-refractivity contribution is 7.52. The van der Waals surface area contributed by atoms with E-state index < -0.39 is 25.3 Å². The summed E-state index contributed by atoms with van der Waals surface area (Å²) < 4.78 is 10.8. The minimum atomic E-state index is -4.31. The Morgan fingerprint density at radius 2 is 2.29 bits per heavy atom. The van der Waals surface area contributed by atoms with Gasteiger partial charge in [-0.25, -0.2) is 0 Å². The van der Waals surface area contributed by atoms with Gasteiger partial charge in [0.1, 0.15) is 5.78 Å². The Kier molecular flexibility index (Phi) is 4.85. The summed E-state index contributed by atoms with van der Waals surface area (Å²) in [5, 5.41) is 4.08. The lowest BCUT2D eigenvalue weighted by molar-refractivity contribution is -0.122. The molecule has 1 aromatic heterocycles. The fourth-order valence-corrected chi connectivity index (χ4v) is 2.20. The zero-order valence-corrected chi connectivity index (χ0v) is 10.9. The summed E-state index contributed by atoms with van der Waals surface area (Å²) >= 11 is 1.48. The number of nitrogens with two attached hydrogens (primary N) is 1. The first-order valence-corrected chi connectivity index (χ1v) is 7.50. The second-order valence-electron chi connectivity index (χ2n) is 3.66. The summed E-state index contributed by atoms with van der Waals surface area (Å²) in [6.45, 7) is 1.25. The van der Waals surface area contributed by atoms with Crippen molar-refractivity contribution in [3.8, 4) is 0 Å². The molecule has 1 unspecified atom stereocenters. The van der Waals surface area contributed by atoms with Crippen LogP contribution in [0.1, 0.15) is 11.8 Å². The van der Waals surface area contributed by atoms with Crippen molar-refractivity contribution in [1.82, 2.24) is 5.32 Å². The maximum Gasteiger partial charge on any atom is 0.347 e. The van der Waals surface area contributed by atoms with Gasteiger partial charge in [0.15, 0.2) is 0 Å². The quantitative estimate of drug-likeness (QED) is 0.577. The van der Waals surface area contributed by atoms with Crippen LogP contribution in [0.4, 0.5) is 0 Å². The summed E-state index contributed by atoms with van der Waals surface area (Å²) in [5.41, 5.74) is 5.64. The van der Waals surface area contributed by atoms with Crippen LogP contribution in [0, 0.1) is 0 Å². The van der Waals surface area contributed by atoms with Gasteiger partial charge in [-0.1, -0.05) is 6.07 Å². The van der Waals surface area contributed by atoms with E-state index in [-0.39, 0.29) is 0 Å². The topological polar surface area (TPSA) is 113 Å². The maximum absolute atomic E-state index is 11.6. The molecule has 0 aliphatic heterocycles. The zero-order chi connectivity index (χ0) is 13.1. The number of rotatable bonds is 5. The van der Waals surface area contributed by atoms with Crippen molar-refractivity contribution >= 4 is 24.8 Å². The van der Waals surface area contributed by atoms with Crippen LogP contribution in [-0.4, -0.2) is 27.5 Å². The normalized spacial score (nSPS) is 15.3. The van der Waals surface area contributed by atoms with Crippen molar-refractivity contribution in [3.63, 3.8) is 0 Å². The Labute approximate surface area is 103 Å².